The van der Waals surface area contributed by atoms with E-state index in [4.69, 9.17) is 0 Å². The van der Waals surface area contributed by atoms with Crippen LogP contribution in [0, 0.1) is 5.92 Å². The Labute approximate surface area is 127 Å². The Kier molecular flexibility index (Phi) is 5.36. The van der Waals surface area contributed by atoms with Gasteiger partial charge in [0.15, 0.2) is 0 Å². The minimum Gasteiger partial charge on any atom is -0.481 e. The first-order chi connectivity index (χ1) is 9.65. The highest BCUT2D eigenvalue weighted by atomic mass is 79.9. The zero-order valence-corrected chi connectivity index (χ0v) is 12.7. The third-order valence-electron chi connectivity index (χ3n) is 3.37. The Morgan fingerprint density at radius 2 is 1.65 bits per heavy atom. The number of hydrogen-bond acceptors (Lipinski definition) is 1. The first kappa shape index (κ1) is 14.8. The summed E-state index contributed by atoms with van der Waals surface area (Å²) in [6, 6.07) is 17.9. The number of carboxylic acids is 1. The van der Waals surface area contributed by atoms with Gasteiger partial charge in [-0.1, -0.05) is 58.4 Å². The number of rotatable bonds is 6. The van der Waals surface area contributed by atoms with Crippen molar-refractivity contribution in [2.45, 2.75) is 19.3 Å². The minimum absolute atomic E-state index is 0.337. The molecule has 2 nitrogen and oxygen atoms in total. The zero-order chi connectivity index (χ0) is 14.4. The van der Waals surface area contributed by atoms with Crippen LogP contribution in [0.4, 0.5) is 0 Å². The standard InChI is InChI=1S/C17H17BrO2/c18-16-10-7-14(8-11-16)12-15(17(19)20)9-6-13-4-2-1-3-5-13/h1-5,7-8,10-11,15H,6,9,12H2,(H,19,20). The van der Waals surface area contributed by atoms with Crippen LogP contribution in [0.15, 0.2) is 59.1 Å². The molecular weight excluding hydrogens is 316 g/mol. The molecule has 2 rings (SSSR count). The average molecular weight is 333 g/mol. The number of halogens is 1. The van der Waals surface area contributed by atoms with Gasteiger partial charge in [0.1, 0.15) is 0 Å². The summed E-state index contributed by atoms with van der Waals surface area (Å²) in [5.41, 5.74) is 2.25. The van der Waals surface area contributed by atoms with Crippen LogP contribution in [-0.2, 0) is 17.6 Å². The average Bonchev–Trinajstić information content (AvgIpc) is 2.46. The zero-order valence-electron chi connectivity index (χ0n) is 11.1. The van der Waals surface area contributed by atoms with Gasteiger partial charge in [-0.3, -0.25) is 4.79 Å². The van der Waals surface area contributed by atoms with Crippen LogP contribution in [0.1, 0.15) is 17.5 Å². The third-order valence-corrected chi connectivity index (χ3v) is 3.90. The largest absolute Gasteiger partial charge is 0.481 e. The number of carbonyl (C=O) groups is 1. The molecule has 20 heavy (non-hydrogen) atoms. The normalized spacial score (nSPS) is 12.1. The SMILES string of the molecule is O=C(O)C(CCc1ccccc1)Cc1ccc(Br)cc1. The van der Waals surface area contributed by atoms with Crippen molar-refractivity contribution in [2.75, 3.05) is 0 Å². The van der Waals surface area contributed by atoms with Gasteiger partial charge in [0.25, 0.3) is 0 Å². The maximum absolute atomic E-state index is 11.4. The lowest BCUT2D eigenvalue weighted by Gasteiger charge is -2.12. The van der Waals surface area contributed by atoms with Crippen LogP contribution in [0.25, 0.3) is 0 Å². The van der Waals surface area contributed by atoms with E-state index in [0.717, 1.165) is 16.5 Å². The van der Waals surface area contributed by atoms with Crippen LogP contribution in [0.5, 0.6) is 0 Å². The molecule has 1 unspecified atom stereocenters. The van der Waals surface area contributed by atoms with E-state index >= 15 is 0 Å². The molecule has 0 aliphatic rings. The van der Waals surface area contributed by atoms with E-state index < -0.39 is 5.97 Å². The van der Waals surface area contributed by atoms with Crippen molar-refractivity contribution < 1.29 is 9.90 Å². The Hall–Kier alpha value is -1.61. The molecule has 0 aliphatic heterocycles. The van der Waals surface area contributed by atoms with Gasteiger partial charge in [0.2, 0.25) is 0 Å². The van der Waals surface area contributed by atoms with Gasteiger partial charge in [-0.2, -0.15) is 0 Å². The Morgan fingerprint density at radius 1 is 1.00 bits per heavy atom. The fourth-order valence-corrected chi connectivity index (χ4v) is 2.47. The summed E-state index contributed by atoms with van der Waals surface area (Å²) in [5.74, 6) is -1.06. The summed E-state index contributed by atoms with van der Waals surface area (Å²) in [7, 11) is 0. The number of aryl methyl sites for hydroxylation is 1. The van der Waals surface area contributed by atoms with E-state index in [1.165, 1.54) is 5.56 Å². The molecular formula is C17H17BrO2. The van der Waals surface area contributed by atoms with Crippen LogP contribution >= 0.6 is 15.9 Å². The van der Waals surface area contributed by atoms with E-state index in [9.17, 15) is 9.90 Å². The minimum atomic E-state index is -0.719. The van der Waals surface area contributed by atoms with Gasteiger partial charge in [-0.15, -0.1) is 0 Å². The van der Waals surface area contributed by atoms with Crippen molar-refractivity contribution in [3.05, 3.63) is 70.2 Å². The predicted octanol–water partition coefficient (Wildman–Crippen LogP) is 4.33. The molecule has 0 spiro atoms. The second-order valence-electron chi connectivity index (χ2n) is 4.89. The summed E-state index contributed by atoms with van der Waals surface area (Å²) in [6.07, 6.45) is 2.04. The van der Waals surface area contributed by atoms with Crippen LogP contribution in [0.2, 0.25) is 0 Å². The quantitative estimate of drug-likeness (QED) is 0.855. The summed E-state index contributed by atoms with van der Waals surface area (Å²) < 4.78 is 1.01. The second-order valence-corrected chi connectivity index (χ2v) is 5.81. The van der Waals surface area contributed by atoms with Crippen LogP contribution in [-0.4, -0.2) is 11.1 Å². The van der Waals surface area contributed by atoms with Crippen LogP contribution < -0.4 is 0 Å². The second kappa shape index (κ2) is 7.25. The fourth-order valence-electron chi connectivity index (χ4n) is 2.20. The molecule has 0 heterocycles. The summed E-state index contributed by atoms with van der Waals surface area (Å²) in [5, 5.41) is 9.36. The highest BCUT2D eigenvalue weighted by Crippen LogP contribution is 2.18. The Morgan fingerprint density at radius 3 is 2.25 bits per heavy atom. The molecule has 0 saturated heterocycles. The van der Waals surface area contributed by atoms with Crippen molar-refractivity contribution in [1.29, 1.82) is 0 Å². The molecule has 0 saturated carbocycles. The molecule has 2 aromatic carbocycles. The Balaban J connectivity index is 1.97. The topological polar surface area (TPSA) is 37.3 Å². The van der Waals surface area contributed by atoms with Crippen LogP contribution in [0.3, 0.4) is 0 Å². The highest BCUT2D eigenvalue weighted by Gasteiger charge is 2.17. The van der Waals surface area contributed by atoms with E-state index in [1.807, 2.05) is 54.6 Å². The molecule has 1 atom stereocenters. The lowest BCUT2D eigenvalue weighted by Crippen LogP contribution is -2.17. The molecule has 0 aromatic heterocycles. The van der Waals surface area contributed by atoms with Gasteiger partial charge in [0.05, 0.1) is 5.92 Å². The summed E-state index contributed by atoms with van der Waals surface area (Å²) in [6.45, 7) is 0. The predicted molar refractivity (Wildman–Crippen MR) is 83.7 cm³/mol. The maximum Gasteiger partial charge on any atom is 0.306 e. The molecule has 0 aliphatic carbocycles. The van der Waals surface area contributed by atoms with E-state index in [1.54, 1.807) is 0 Å². The van der Waals surface area contributed by atoms with Gasteiger partial charge < -0.3 is 5.11 Å². The van der Waals surface area contributed by atoms with E-state index in [2.05, 4.69) is 15.9 Å². The van der Waals surface area contributed by atoms with E-state index in [-0.39, 0.29) is 5.92 Å². The first-order valence-electron chi connectivity index (χ1n) is 6.66. The van der Waals surface area contributed by atoms with Gasteiger partial charge in [0, 0.05) is 4.47 Å². The smallest absolute Gasteiger partial charge is 0.306 e. The van der Waals surface area contributed by atoms with Crippen molar-refractivity contribution >= 4 is 21.9 Å². The molecule has 1 N–H and O–H groups in total. The van der Waals surface area contributed by atoms with Gasteiger partial charge in [-0.05, 0) is 42.5 Å². The highest BCUT2D eigenvalue weighted by molar-refractivity contribution is 9.10. The van der Waals surface area contributed by atoms with Crippen molar-refractivity contribution in [3.8, 4) is 0 Å². The van der Waals surface area contributed by atoms with E-state index in [0.29, 0.717) is 12.8 Å². The molecule has 0 fully saturated rings. The third kappa shape index (κ3) is 4.49. The lowest BCUT2D eigenvalue weighted by atomic mass is 9.93. The van der Waals surface area contributed by atoms with Crippen molar-refractivity contribution in [2.24, 2.45) is 5.92 Å². The maximum atomic E-state index is 11.4. The fraction of sp³-hybridized carbons (Fsp3) is 0.235. The number of hydrogen-bond donors (Lipinski definition) is 1. The molecule has 0 amide bonds. The molecule has 3 heteroatoms. The monoisotopic (exact) mass is 332 g/mol. The lowest BCUT2D eigenvalue weighted by molar-refractivity contribution is -0.141. The molecule has 2 aromatic rings. The van der Waals surface area contributed by atoms with Crippen molar-refractivity contribution in [3.63, 3.8) is 0 Å². The van der Waals surface area contributed by atoms with Crippen molar-refractivity contribution in [1.82, 2.24) is 0 Å². The molecule has 0 radical (unpaired) electrons. The molecule has 104 valence electrons. The first-order valence-corrected chi connectivity index (χ1v) is 7.45. The molecule has 0 bridgehead atoms. The van der Waals surface area contributed by atoms with Gasteiger partial charge >= 0.3 is 5.97 Å². The Bertz CT molecular complexity index is 549. The number of aliphatic carboxylic acids is 1. The number of benzene rings is 2. The summed E-state index contributed by atoms with van der Waals surface area (Å²) >= 11 is 3.39. The summed E-state index contributed by atoms with van der Waals surface area (Å²) in [4.78, 5) is 11.4. The number of carboxylic acid groups (broad SMARTS) is 1. The van der Waals surface area contributed by atoms with Gasteiger partial charge in [-0.25, -0.2) is 0 Å².